The number of amides is 1. The summed E-state index contributed by atoms with van der Waals surface area (Å²) in [6.45, 7) is 5.04. The van der Waals surface area contributed by atoms with Crippen LogP contribution in [0.3, 0.4) is 0 Å². The maximum Gasteiger partial charge on any atom is 0.238 e. The SMILES string of the molecule is NS(=O)(=O)c1cccc(NC(=O)CNCCN2CCOCC2)c1. The third-order valence-electron chi connectivity index (χ3n) is 3.44. The van der Waals surface area contributed by atoms with Gasteiger partial charge in [0.1, 0.15) is 0 Å². The van der Waals surface area contributed by atoms with Crippen molar-refractivity contribution in [1.29, 1.82) is 0 Å². The highest BCUT2D eigenvalue weighted by Gasteiger charge is 2.11. The van der Waals surface area contributed by atoms with Crippen molar-refractivity contribution in [2.45, 2.75) is 4.90 Å². The van der Waals surface area contributed by atoms with E-state index in [1.807, 2.05) is 0 Å². The van der Waals surface area contributed by atoms with Gasteiger partial charge in [0, 0.05) is 31.9 Å². The zero-order valence-electron chi connectivity index (χ0n) is 12.8. The molecule has 9 heteroatoms. The third kappa shape index (κ3) is 6.24. The minimum atomic E-state index is -3.78. The molecule has 1 saturated heterocycles. The van der Waals surface area contributed by atoms with Gasteiger partial charge in [0.05, 0.1) is 24.7 Å². The van der Waals surface area contributed by atoms with E-state index < -0.39 is 10.0 Å². The summed E-state index contributed by atoms with van der Waals surface area (Å²) in [6.07, 6.45) is 0. The molecule has 1 aromatic carbocycles. The summed E-state index contributed by atoms with van der Waals surface area (Å²) in [7, 11) is -3.78. The summed E-state index contributed by atoms with van der Waals surface area (Å²) >= 11 is 0. The van der Waals surface area contributed by atoms with Gasteiger partial charge in [-0.2, -0.15) is 0 Å². The largest absolute Gasteiger partial charge is 0.379 e. The van der Waals surface area contributed by atoms with Crippen LogP contribution in [0.2, 0.25) is 0 Å². The fraction of sp³-hybridized carbons (Fsp3) is 0.500. The molecular weight excluding hydrogens is 320 g/mol. The minimum Gasteiger partial charge on any atom is -0.379 e. The van der Waals surface area contributed by atoms with E-state index in [4.69, 9.17) is 9.88 Å². The van der Waals surface area contributed by atoms with Crippen LogP contribution in [0.25, 0.3) is 0 Å². The first kappa shape index (κ1) is 17.8. The number of primary sulfonamides is 1. The average Bonchev–Trinajstić information content (AvgIpc) is 2.52. The Labute approximate surface area is 136 Å². The lowest BCUT2D eigenvalue weighted by molar-refractivity contribution is -0.115. The van der Waals surface area contributed by atoms with Crippen molar-refractivity contribution in [3.05, 3.63) is 24.3 Å². The predicted molar refractivity (Wildman–Crippen MR) is 86.6 cm³/mol. The summed E-state index contributed by atoms with van der Waals surface area (Å²) in [5.41, 5.74) is 0.400. The Hall–Kier alpha value is -1.52. The first-order valence-electron chi connectivity index (χ1n) is 7.39. The van der Waals surface area contributed by atoms with Gasteiger partial charge in [0.15, 0.2) is 0 Å². The molecule has 1 amide bonds. The Bertz CT molecular complexity index is 629. The van der Waals surface area contributed by atoms with Crippen molar-refractivity contribution >= 4 is 21.6 Å². The summed E-state index contributed by atoms with van der Waals surface area (Å²) in [5, 5.41) is 10.8. The van der Waals surface area contributed by atoms with Gasteiger partial charge >= 0.3 is 0 Å². The van der Waals surface area contributed by atoms with Crippen LogP contribution in [0.1, 0.15) is 0 Å². The van der Waals surface area contributed by atoms with E-state index >= 15 is 0 Å². The van der Waals surface area contributed by atoms with E-state index in [1.165, 1.54) is 18.2 Å². The van der Waals surface area contributed by atoms with Crippen molar-refractivity contribution in [1.82, 2.24) is 10.2 Å². The molecule has 4 N–H and O–H groups in total. The number of hydrogen-bond acceptors (Lipinski definition) is 6. The number of nitrogens with zero attached hydrogens (tertiary/aromatic N) is 1. The molecule has 2 rings (SSSR count). The number of nitrogens with one attached hydrogen (secondary N) is 2. The van der Waals surface area contributed by atoms with E-state index in [9.17, 15) is 13.2 Å². The molecule has 0 spiro atoms. The molecule has 0 aliphatic carbocycles. The van der Waals surface area contributed by atoms with Gasteiger partial charge < -0.3 is 15.4 Å². The molecule has 1 aromatic rings. The fourth-order valence-electron chi connectivity index (χ4n) is 2.22. The molecule has 8 nitrogen and oxygen atoms in total. The van der Waals surface area contributed by atoms with Crippen molar-refractivity contribution in [2.24, 2.45) is 5.14 Å². The summed E-state index contributed by atoms with van der Waals surface area (Å²) in [5.74, 6) is -0.237. The van der Waals surface area contributed by atoms with E-state index in [1.54, 1.807) is 6.07 Å². The summed E-state index contributed by atoms with van der Waals surface area (Å²) < 4.78 is 27.8. The molecule has 0 saturated carbocycles. The molecule has 0 aromatic heterocycles. The molecule has 1 heterocycles. The van der Waals surface area contributed by atoms with Crippen LogP contribution < -0.4 is 15.8 Å². The minimum absolute atomic E-state index is 0.0319. The van der Waals surface area contributed by atoms with Crippen LogP contribution in [-0.2, 0) is 19.6 Å². The van der Waals surface area contributed by atoms with Crippen LogP contribution in [-0.4, -0.2) is 65.2 Å². The highest BCUT2D eigenvalue weighted by molar-refractivity contribution is 7.89. The maximum absolute atomic E-state index is 11.8. The van der Waals surface area contributed by atoms with Gasteiger partial charge in [0.25, 0.3) is 0 Å². The topological polar surface area (TPSA) is 114 Å². The molecule has 0 radical (unpaired) electrons. The first-order chi connectivity index (χ1) is 10.9. The summed E-state index contributed by atoms with van der Waals surface area (Å²) in [4.78, 5) is 14.1. The van der Waals surface area contributed by atoms with E-state index in [2.05, 4.69) is 15.5 Å². The normalized spacial score (nSPS) is 16.2. The average molecular weight is 342 g/mol. The van der Waals surface area contributed by atoms with E-state index in [0.29, 0.717) is 12.2 Å². The van der Waals surface area contributed by atoms with E-state index in [0.717, 1.165) is 32.8 Å². The number of carbonyl (C=O) groups excluding carboxylic acids is 1. The number of rotatable bonds is 7. The summed E-state index contributed by atoms with van der Waals surface area (Å²) in [6, 6.07) is 5.86. The highest BCUT2D eigenvalue weighted by Crippen LogP contribution is 2.13. The Morgan fingerprint density at radius 1 is 1.30 bits per heavy atom. The number of carbonyl (C=O) groups is 1. The molecule has 0 bridgehead atoms. The Morgan fingerprint density at radius 2 is 2.04 bits per heavy atom. The van der Waals surface area contributed by atoms with Gasteiger partial charge in [-0.05, 0) is 18.2 Å². The van der Waals surface area contributed by atoms with Crippen molar-refractivity contribution in [2.75, 3.05) is 51.3 Å². The molecular formula is C14H22N4O4S. The number of sulfonamides is 1. The smallest absolute Gasteiger partial charge is 0.238 e. The van der Waals surface area contributed by atoms with Crippen LogP contribution in [0, 0.1) is 0 Å². The number of ether oxygens (including phenoxy) is 1. The molecule has 1 aliphatic rings. The zero-order chi connectivity index (χ0) is 16.7. The van der Waals surface area contributed by atoms with Gasteiger partial charge in [-0.15, -0.1) is 0 Å². The van der Waals surface area contributed by atoms with Gasteiger partial charge in [-0.25, -0.2) is 13.6 Å². The van der Waals surface area contributed by atoms with Gasteiger partial charge in [-0.3, -0.25) is 9.69 Å². The van der Waals surface area contributed by atoms with Crippen LogP contribution in [0.4, 0.5) is 5.69 Å². The molecule has 23 heavy (non-hydrogen) atoms. The lowest BCUT2D eigenvalue weighted by Crippen LogP contribution is -2.41. The van der Waals surface area contributed by atoms with Gasteiger partial charge in [-0.1, -0.05) is 6.07 Å². The maximum atomic E-state index is 11.8. The fourth-order valence-corrected chi connectivity index (χ4v) is 2.78. The highest BCUT2D eigenvalue weighted by atomic mass is 32.2. The van der Waals surface area contributed by atoms with E-state index in [-0.39, 0.29) is 17.3 Å². The standard InChI is InChI=1S/C14H22N4O4S/c15-23(20,21)13-3-1-2-12(10-13)17-14(19)11-16-4-5-18-6-8-22-9-7-18/h1-3,10,16H,4-9,11H2,(H,17,19)(H2,15,20,21). The van der Waals surface area contributed by atoms with Crippen LogP contribution in [0.5, 0.6) is 0 Å². The predicted octanol–water partition coefficient (Wildman–Crippen LogP) is -0.806. The number of hydrogen-bond donors (Lipinski definition) is 3. The second-order valence-electron chi connectivity index (χ2n) is 5.25. The quantitative estimate of drug-likeness (QED) is 0.559. The lowest BCUT2D eigenvalue weighted by atomic mass is 10.3. The second kappa shape index (κ2) is 8.37. The van der Waals surface area contributed by atoms with Crippen LogP contribution in [0.15, 0.2) is 29.2 Å². The number of nitrogens with two attached hydrogens (primary N) is 1. The van der Waals surface area contributed by atoms with Crippen molar-refractivity contribution in [3.63, 3.8) is 0 Å². The second-order valence-corrected chi connectivity index (χ2v) is 6.81. The molecule has 1 fully saturated rings. The number of morpholine rings is 1. The monoisotopic (exact) mass is 342 g/mol. The Kier molecular flexibility index (Phi) is 6.48. The molecule has 0 atom stereocenters. The Balaban J connectivity index is 1.72. The number of anilines is 1. The van der Waals surface area contributed by atoms with Gasteiger partial charge in [0.2, 0.25) is 15.9 Å². The Morgan fingerprint density at radius 3 is 2.74 bits per heavy atom. The molecule has 1 aliphatic heterocycles. The number of benzene rings is 1. The molecule has 128 valence electrons. The first-order valence-corrected chi connectivity index (χ1v) is 8.93. The molecule has 0 unspecified atom stereocenters. The lowest BCUT2D eigenvalue weighted by Gasteiger charge is -2.26. The third-order valence-corrected chi connectivity index (χ3v) is 4.35. The van der Waals surface area contributed by atoms with Crippen molar-refractivity contribution in [3.8, 4) is 0 Å². The van der Waals surface area contributed by atoms with Crippen molar-refractivity contribution < 1.29 is 17.9 Å². The zero-order valence-corrected chi connectivity index (χ0v) is 13.6. The van der Waals surface area contributed by atoms with Crippen LogP contribution >= 0.6 is 0 Å².